The van der Waals surface area contributed by atoms with E-state index in [4.69, 9.17) is 0 Å². The van der Waals surface area contributed by atoms with E-state index in [0.29, 0.717) is 11.8 Å². The van der Waals surface area contributed by atoms with Crippen molar-refractivity contribution in [1.29, 1.82) is 0 Å². The van der Waals surface area contributed by atoms with Crippen molar-refractivity contribution in [1.82, 2.24) is 0 Å². The van der Waals surface area contributed by atoms with Gasteiger partial charge in [0.25, 0.3) is 0 Å². The van der Waals surface area contributed by atoms with Gasteiger partial charge in [0, 0.05) is 0 Å². The molecule has 0 aromatic heterocycles. The van der Waals surface area contributed by atoms with Crippen LogP contribution in [-0.2, 0) is 4.79 Å². The number of hydrogen-bond donors (Lipinski definition) is 0. The minimum absolute atomic E-state index is 0.125. The van der Waals surface area contributed by atoms with Crippen molar-refractivity contribution in [3.05, 3.63) is 0 Å². The Hall–Kier alpha value is 0.150. The normalized spacial score (nSPS) is 58.2. The van der Waals surface area contributed by atoms with Gasteiger partial charge >= 0.3 is 0 Å². The first-order chi connectivity index (χ1) is 6.22. The van der Waals surface area contributed by atoms with Gasteiger partial charge in [0.2, 0.25) is 0 Å². The molecule has 0 spiro atoms. The number of halogens is 1. The third-order valence-electron chi connectivity index (χ3n) is 4.57. The van der Waals surface area contributed by atoms with Crippen LogP contribution < -0.4 is 0 Å². The van der Waals surface area contributed by atoms with Crippen LogP contribution in [0.5, 0.6) is 0 Å². The Labute approximate surface area is 87.4 Å². The lowest BCUT2D eigenvalue weighted by molar-refractivity contribution is -0.118. The van der Waals surface area contributed by atoms with Gasteiger partial charge in [-0.1, -0.05) is 15.9 Å². The van der Waals surface area contributed by atoms with E-state index in [2.05, 4.69) is 15.9 Å². The third-order valence-corrected chi connectivity index (χ3v) is 6.05. The summed E-state index contributed by atoms with van der Waals surface area (Å²) in [5.41, 5.74) is 0. The lowest BCUT2D eigenvalue weighted by Crippen LogP contribution is -2.54. The fourth-order valence-corrected chi connectivity index (χ4v) is 4.85. The molecule has 0 atom stereocenters. The highest BCUT2D eigenvalue weighted by atomic mass is 79.9. The lowest BCUT2D eigenvalue weighted by Gasteiger charge is -2.56. The molecule has 0 aliphatic heterocycles. The van der Waals surface area contributed by atoms with Crippen LogP contribution in [-0.4, -0.2) is 10.6 Å². The van der Waals surface area contributed by atoms with Gasteiger partial charge in [-0.15, -0.1) is 0 Å². The summed E-state index contributed by atoms with van der Waals surface area (Å²) in [6.45, 7) is 0. The van der Waals surface area contributed by atoms with Gasteiger partial charge in [-0.05, 0) is 55.8 Å². The van der Waals surface area contributed by atoms with E-state index in [0.717, 1.165) is 11.8 Å². The maximum atomic E-state index is 11.2. The zero-order valence-corrected chi connectivity index (χ0v) is 9.29. The standard InChI is InChI=1S/C11H15BrO/c12-11(6-13)9-2-7-1-8(4-9)5-10(11)3-7/h6-10H,1-5H2. The smallest absolute Gasteiger partial charge is 0.137 e. The second kappa shape index (κ2) is 2.59. The number of rotatable bonds is 1. The van der Waals surface area contributed by atoms with Crippen molar-refractivity contribution >= 4 is 22.2 Å². The minimum atomic E-state index is -0.125. The van der Waals surface area contributed by atoms with Crippen LogP contribution in [0.1, 0.15) is 32.1 Å². The van der Waals surface area contributed by atoms with Crippen LogP contribution in [0.25, 0.3) is 0 Å². The molecule has 4 fully saturated rings. The van der Waals surface area contributed by atoms with Crippen LogP contribution in [0.2, 0.25) is 0 Å². The SMILES string of the molecule is O=CC1(Br)C2CC3CC(C2)CC1C3. The van der Waals surface area contributed by atoms with E-state index in [1.54, 1.807) is 0 Å². The summed E-state index contributed by atoms with van der Waals surface area (Å²) in [7, 11) is 0. The molecule has 0 heterocycles. The fourth-order valence-electron chi connectivity index (χ4n) is 4.10. The monoisotopic (exact) mass is 242 g/mol. The summed E-state index contributed by atoms with van der Waals surface area (Å²) in [4.78, 5) is 11.2. The van der Waals surface area contributed by atoms with E-state index in [-0.39, 0.29) is 4.32 Å². The molecule has 0 saturated heterocycles. The van der Waals surface area contributed by atoms with Gasteiger partial charge in [0.1, 0.15) is 6.29 Å². The molecule has 0 aromatic carbocycles. The summed E-state index contributed by atoms with van der Waals surface area (Å²) in [6, 6.07) is 0. The second-order valence-electron chi connectivity index (χ2n) is 5.25. The molecule has 4 saturated carbocycles. The molecule has 13 heavy (non-hydrogen) atoms. The predicted octanol–water partition coefficient (Wildman–Crippen LogP) is 2.78. The van der Waals surface area contributed by atoms with Crippen molar-refractivity contribution in [3.63, 3.8) is 0 Å². The van der Waals surface area contributed by atoms with Crippen LogP contribution in [0.15, 0.2) is 0 Å². The molecule has 0 N–H and O–H groups in total. The van der Waals surface area contributed by atoms with Crippen molar-refractivity contribution in [3.8, 4) is 0 Å². The van der Waals surface area contributed by atoms with Crippen molar-refractivity contribution in [2.45, 2.75) is 36.4 Å². The first-order valence-corrected chi connectivity index (χ1v) is 6.17. The topological polar surface area (TPSA) is 17.1 Å². The summed E-state index contributed by atoms with van der Waals surface area (Å²) < 4.78 is -0.125. The zero-order chi connectivity index (χ0) is 9.05. The molecular formula is C11H15BrO. The van der Waals surface area contributed by atoms with Gasteiger partial charge in [-0.3, -0.25) is 0 Å². The Morgan fingerprint density at radius 3 is 1.85 bits per heavy atom. The lowest BCUT2D eigenvalue weighted by atomic mass is 9.52. The van der Waals surface area contributed by atoms with Gasteiger partial charge in [0.15, 0.2) is 0 Å². The molecule has 0 radical (unpaired) electrons. The molecule has 1 nitrogen and oxygen atoms in total. The van der Waals surface area contributed by atoms with Gasteiger partial charge in [-0.25, -0.2) is 0 Å². The van der Waals surface area contributed by atoms with E-state index >= 15 is 0 Å². The maximum absolute atomic E-state index is 11.2. The molecule has 2 heteroatoms. The number of hydrogen-bond acceptors (Lipinski definition) is 1. The summed E-state index contributed by atoms with van der Waals surface area (Å²) in [5.74, 6) is 3.21. The average Bonchev–Trinajstić information content (AvgIpc) is 2.13. The minimum Gasteiger partial charge on any atom is -0.302 e. The predicted molar refractivity (Wildman–Crippen MR) is 54.8 cm³/mol. The molecule has 4 rings (SSSR count). The van der Waals surface area contributed by atoms with Crippen molar-refractivity contribution < 1.29 is 4.79 Å². The Bertz CT molecular complexity index is 220. The third kappa shape index (κ3) is 1.01. The highest BCUT2D eigenvalue weighted by molar-refractivity contribution is 9.10. The second-order valence-corrected chi connectivity index (χ2v) is 6.62. The number of carbonyl (C=O) groups excluding carboxylic acids is 1. The molecule has 72 valence electrons. The highest BCUT2D eigenvalue weighted by Crippen LogP contribution is 2.60. The number of aldehydes is 1. The van der Waals surface area contributed by atoms with Crippen LogP contribution >= 0.6 is 15.9 Å². The van der Waals surface area contributed by atoms with Gasteiger partial charge in [0.05, 0.1) is 4.32 Å². The van der Waals surface area contributed by atoms with Gasteiger partial charge < -0.3 is 4.79 Å². The average molecular weight is 243 g/mol. The van der Waals surface area contributed by atoms with E-state index in [1.807, 2.05) is 0 Å². The molecular weight excluding hydrogens is 228 g/mol. The zero-order valence-electron chi connectivity index (χ0n) is 7.71. The van der Waals surface area contributed by atoms with Crippen LogP contribution in [0.3, 0.4) is 0 Å². The maximum Gasteiger partial charge on any atom is 0.137 e. The van der Waals surface area contributed by atoms with Crippen LogP contribution in [0, 0.1) is 23.7 Å². The highest BCUT2D eigenvalue weighted by Gasteiger charge is 2.56. The largest absolute Gasteiger partial charge is 0.302 e. The Morgan fingerprint density at radius 2 is 1.46 bits per heavy atom. The summed E-state index contributed by atoms with van der Waals surface area (Å²) in [6.07, 6.45) is 7.86. The number of alkyl halides is 1. The molecule has 0 unspecified atom stereocenters. The summed E-state index contributed by atoms with van der Waals surface area (Å²) >= 11 is 3.72. The molecule has 0 amide bonds. The van der Waals surface area contributed by atoms with Crippen molar-refractivity contribution in [2.24, 2.45) is 23.7 Å². The molecule has 0 aromatic rings. The summed E-state index contributed by atoms with van der Waals surface area (Å²) in [5, 5.41) is 0. The van der Waals surface area contributed by atoms with E-state index in [1.165, 1.54) is 38.4 Å². The Kier molecular flexibility index (Phi) is 1.69. The first-order valence-electron chi connectivity index (χ1n) is 5.37. The van der Waals surface area contributed by atoms with E-state index in [9.17, 15) is 4.79 Å². The number of carbonyl (C=O) groups is 1. The Morgan fingerprint density at radius 1 is 1.00 bits per heavy atom. The quantitative estimate of drug-likeness (QED) is 0.511. The first kappa shape index (κ1) is 8.46. The van der Waals surface area contributed by atoms with E-state index < -0.39 is 0 Å². The Balaban J connectivity index is 1.97. The van der Waals surface area contributed by atoms with Crippen molar-refractivity contribution in [2.75, 3.05) is 0 Å². The molecule has 4 aliphatic rings. The van der Waals surface area contributed by atoms with Gasteiger partial charge in [-0.2, -0.15) is 0 Å². The van der Waals surface area contributed by atoms with Crippen LogP contribution in [0.4, 0.5) is 0 Å². The fraction of sp³-hybridized carbons (Fsp3) is 0.909. The molecule has 4 bridgehead atoms. The molecule has 4 aliphatic carbocycles.